The van der Waals surface area contributed by atoms with Gasteiger partial charge in [-0.25, -0.2) is 4.79 Å². The second kappa shape index (κ2) is 7.89. The van der Waals surface area contributed by atoms with Crippen molar-refractivity contribution in [2.75, 3.05) is 39.4 Å². The predicted octanol–water partition coefficient (Wildman–Crippen LogP) is 1.26. The highest BCUT2D eigenvalue weighted by atomic mass is 19.4. The number of carbonyl (C=O) groups is 2. The summed E-state index contributed by atoms with van der Waals surface area (Å²) in [6.07, 6.45) is -4.16. The molecule has 0 radical (unpaired) electrons. The fourth-order valence-corrected chi connectivity index (χ4v) is 3.82. The summed E-state index contributed by atoms with van der Waals surface area (Å²) in [5.74, 6) is -2.01. The van der Waals surface area contributed by atoms with Gasteiger partial charge in [-0.1, -0.05) is 0 Å². The van der Waals surface area contributed by atoms with Gasteiger partial charge in [-0.15, -0.1) is 0 Å². The van der Waals surface area contributed by atoms with Crippen molar-refractivity contribution in [3.05, 3.63) is 23.6 Å². The normalized spacial score (nSPS) is 24.7. The molecular formula is C18H20F4N4O4. The molecular weight excluding hydrogens is 412 g/mol. The fourth-order valence-electron chi connectivity index (χ4n) is 3.82. The van der Waals surface area contributed by atoms with Crippen molar-refractivity contribution in [3.63, 3.8) is 0 Å². The third-order valence-corrected chi connectivity index (χ3v) is 5.39. The maximum atomic E-state index is 13.3. The van der Waals surface area contributed by atoms with Gasteiger partial charge >= 0.3 is 12.2 Å². The predicted molar refractivity (Wildman–Crippen MR) is 93.0 cm³/mol. The molecule has 3 fully saturated rings. The summed E-state index contributed by atoms with van der Waals surface area (Å²) in [7, 11) is 0. The second-order valence-electron chi connectivity index (χ2n) is 7.64. The molecule has 30 heavy (non-hydrogen) atoms. The van der Waals surface area contributed by atoms with E-state index in [0.717, 1.165) is 0 Å². The Morgan fingerprint density at radius 1 is 1.27 bits per heavy atom. The van der Waals surface area contributed by atoms with Crippen molar-refractivity contribution >= 4 is 11.9 Å². The summed E-state index contributed by atoms with van der Waals surface area (Å²) >= 11 is 0. The van der Waals surface area contributed by atoms with Crippen molar-refractivity contribution in [2.24, 2.45) is 5.92 Å². The highest BCUT2D eigenvalue weighted by molar-refractivity contribution is 5.79. The van der Waals surface area contributed by atoms with Gasteiger partial charge in [0.1, 0.15) is 6.61 Å². The Labute approximate surface area is 169 Å². The van der Waals surface area contributed by atoms with Gasteiger partial charge in [-0.3, -0.25) is 4.79 Å². The molecule has 0 aliphatic carbocycles. The first-order valence-electron chi connectivity index (χ1n) is 9.51. The SMILES string of the molecule is O=C1CO[C@H]2CCN(C(=O)N3CC(COc4cc(C(F)(F)F)cc(F)n4)C3)C[C@H]2N1. The maximum absolute atomic E-state index is 13.3. The van der Waals surface area contributed by atoms with E-state index in [-0.39, 0.29) is 43.2 Å². The molecule has 3 saturated heterocycles. The molecule has 3 aliphatic heterocycles. The van der Waals surface area contributed by atoms with E-state index in [9.17, 15) is 27.2 Å². The summed E-state index contributed by atoms with van der Waals surface area (Å²) in [6.45, 7) is 1.67. The molecule has 3 aliphatic rings. The van der Waals surface area contributed by atoms with E-state index in [4.69, 9.17) is 9.47 Å². The molecule has 4 rings (SSSR count). The van der Waals surface area contributed by atoms with Gasteiger partial charge in [0.2, 0.25) is 17.7 Å². The monoisotopic (exact) mass is 432 g/mol. The number of amides is 3. The zero-order valence-corrected chi connectivity index (χ0v) is 15.8. The van der Waals surface area contributed by atoms with E-state index < -0.39 is 23.6 Å². The lowest BCUT2D eigenvalue weighted by Crippen LogP contribution is -2.64. The number of pyridine rings is 1. The van der Waals surface area contributed by atoms with Crippen LogP contribution in [-0.4, -0.2) is 78.3 Å². The Balaban J connectivity index is 1.25. The van der Waals surface area contributed by atoms with Gasteiger partial charge in [-0.05, 0) is 6.42 Å². The van der Waals surface area contributed by atoms with Gasteiger partial charge in [0.15, 0.2) is 0 Å². The Kier molecular flexibility index (Phi) is 5.43. The van der Waals surface area contributed by atoms with Crippen LogP contribution in [0.5, 0.6) is 5.88 Å². The molecule has 12 heteroatoms. The number of hydrogen-bond acceptors (Lipinski definition) is 5. The third kappa shape index (κ3) is 4.42. The maximum Gasteiger partial charge on any atom is 0.416 e. The second-order valence-corrected chi connectivity index (χ2v) is 7.64. The number of nitrogens with zero attached hydrogens (tertiary/aromatic N) is 3. The molecule has 0 unspecified atom stereocenters. The number of piperidine rings is 1. The minimum absolute atomic E-state index is 0.0200. The first-order valence-corrected chi connectivity index (χ1v) is 9.51. The highest BCUT2D eigenvalue weighted by Crippen LogP contribution is 2.31. The number of morpholine rings is 1. The number of likely N-dealkylation sites (tertiary alicyclic amines) is 2. The third-order valence-electron chi connectivity index (χ3n) is 5.39. The minimum atomic E-state index is -4.70. The molecule has 2 atom stereocenters. The highest BCUT2D eigenvalue weighted by Gasteiger charge is 2.40. The number of urea groups is 1. The summed E-state index contributed by atoms with van der Waals surface area (Å²) in [5.41, 5.74) is -1.17. The van der Waals surface area contributed by atoms with Crippen molar-refractivity contribution in [1.29, 1.82) is 0 Å². The number of alkyl halides is 3. The van der Waals surface area contributed by atoms with Crippen LogP contribution in [-0.2, 0) is 15.7 Å². The van der Waals surface area contributed by atoms with E-state index >= 15 is 0 Å². The number of halogens is 4. The number of hydrogen-bond donors (Lipinski definition) is 1. The lowest BCUT2D eigenvalue weighted by molar-refractivity contribution is -0.140. The van der Waals surface area contributed by atoms with Crippen LogP contribution in [0.1, 0.15) is 12.0 Å². The summed E-state index contributed by atoms with van der Waals surface area (Å²) in [5, 5.41) is 2.83. The molecule has 0 saturated carbocycles. The van der Waals surface area contributed by atoms with Crippen LogP contribution in [0.3, 0.4) is 0 Å². The zero-order valence-electron chi connectivity index (χ0n) is 15.8. The van der Waals surface area contributed by atoms with Gasteiger partial charge in [0.05, 0.1) is 24.3 Å². The zero-order chi connectivity index (χ0) is 21.5. The molecule has 164 valence electrons. The van der Waals surface area contributed by atoms with Crippen LogP contribution >= 0.6 is 0 Å². The largest absolute Gasteiger partial charge is 0.477 e. The van der Waals surface area contributed by atoms with E-state index in [1.165, 1.54) is 0 Å². The fraction of sp³-hybridized carbons (Fsp3) is 0.611. The van der Waals surface area contributed by atoms with Gasteiger partial charge in [0, 0.05) is 44.2 Å². The molecule has 0 bridgehead atoms. The van der Waals surface area contributed by atoms with Crippen LogP contribution in [0.25, 0.3) is 0 Å². The molecule has 0 spiro atoms. The topological polar surface area (TPSA) is 84.0 Å². The molecule has 8 nitrogen and oxygen atoms in total. The van der Waals surface area contributed by atoms with Crippen LogP contribution in [0.4, 0.5) is 22.4 Å². The molecule has 4 heterocycles. The summed E-state index contributed by atoms with van der Waals surface area (Å²) in [6, 6.07) is 0.550. The molecule has 3 amide bonds. The number of ether oxygens (including phenoxy) is 2. The molecule has 1 aromatic heterocycles. The number of fused-ring (bicyclic) bond motifs is 1. The Morgan fingerprint density at radius 2 is 2.03 bits per heavy atom. The van der Waals surface area contributed by atoms with Crippen molar-refractivity contribution in [1.82, 2.24) is 20.1 Å². The molecule has 1 aromatic rings. The smallest absolute Gasteiger partial charge is 0.416 e. The Hall–Kier alpha value is -2.63. The van der Waals surface area contributed by atoms with Crippen LogP contribution < -0.4 is 10.1 Å². The average Bonchev–Trinajstić information content (AvgIpc) is 2.64. The van der Waals surface area contributed by atoms with Gasteiger partial charge in [-0.2, -0.15) is 22.5 Å². The van der Waals surface area contributed by atoms with E-state index in [1.807, 2.05) is 0 Å². The first-order chi connectivity index (χ1) is 14.2. The number of carbonyl (C=O) groups excluding carboxylic acids is 2. The minimum Gasteiger partial charge on any atom is -0.477 e. The quantitative estimate of drug-likeness (QED) is 0.575. The van der Waals surface area contributed by atoms with Crippen molar-refractivity contribution < 1.29 is 36.6 Å². The summed E-state index contributed by atoms with van der Waals surface area (Å²) in [4.78, 5) is 30.7. The van der Waals surface area contributed by atoms with Crippen molar-refractivity contribution in [2.45, 2.75) is 24.7 Å². The van der Waals surface area contributed by atoms with Crippen LogP contribution in [0.2, 0.25) is 0 Å². The van der Waals surface area contributed by atoms with E-state index in [2.05, 4.69) is 10.3 Å². The average molecular weight is 432 g/mol. The number of rotatable bonds is 3. The van der Waals surface area contributed by atoms with Crippen LogP contribution in [0.15, 0.2) is 12.1 Å². The van der Waals surface area contributed by atoms with Crippen LogP contribution in [0, 0.1) is 11.9 Å². The summed E-state index contributed by atoms with van der Waals surface area (Å²) < 4.78 is 62.2. The molecule has 1 N–H and O–H groups in total. The van der Waals surface area contributed by atoms with Gasteiger partial charge in [0.25, 0.3) is 0 Å². The van der Waals surface area contributed by atoms with Gasteiger partial charge < -0.3 is 24.6 Å². The number of aromatic nitrogens is 1. The van der Waals surface area contributed by atoms with E-state index in [1.54, 1.807) is 9.80 Å². The number of nitrogens with one attached hydrogen (secondary N) is 1. The van der Waals surface area contributed by atoms with E-state index in [0.29, 0.717) is 44.7 Å². The Morgan fingerprint density at radius 3 is 2.77 bits per heavy atom. The van der Waals surface area contributed by atoms with Crippen molar-refractivity contribution in [3.8, 4) is 5.88 Å². The lowest BCUT2D eigenvalue weighted by Gasteiger charge is -2.46. The Bertz CT molecular complexity index is 831. The lowest BCUT2D eigenvalue weighted by atomic mass is 9.99. The first kappa shape index (κ1) is 20.6. The molecule has 0 aromatic carbocycles. The standard InChI is InChI=1S/C18H20F4N4O4/c19-14-3-11(18(20,21)22)4-16(24-14)30-8-10-5-26(6-10)17(28)25-2-1-13-12(7-25)23-15(27)9-29-13/h3-4,10,12-13H,1-2,5-9H2,(H,23,27)/t12-,13+/m1/s1.